The van der Waals surface area contributed by atoms with Crippen LogP contribution in [-0.2, 0) is 20.0 Å². The summed E-state index contributed by atoms with van der Waals surface area (Å²) in [6.07, 6.45) is 0.0724. The van der Waals surface area contributed by atoms with Crippen molar-refractivity contribution in [1.82, 2.24) is 25.3 Å². The predicted molar refractivity (Wildman–Crippen MR) is 121 cm³/mol. The first-order valence-corrected chi connectivity index (χ1v) is 13.4. The van der Waals surface area contributed by atoms with Gasteiger partial charge in [-0.25, -0.2) is 26.7 Å². The van der Waals surface area contributed by atoms with Crippen molar-refractivity contribution in [2.45, 2.75) is 34.8 Å². The van der Waals surface area contributed by atoms with E-state index in [4.69, 9.17) is 16.6 Å². The second-order valence-corrected chi connectivity index (χ2v) is 11.2. The number of aromatic nitrogens is 4. The highest BCUT2D eigenvalue weighted by atomic mass is 32.2. The second-order valence-electron chi connectivity index (χ2n) is 7.98. The first-order valence-electron chi connectivity index (χ1n) is 10.4. The molecule has 0 amide bonds. The summed E-state index contributed by atoms with van der Waals surface area (Å²) in [5.74, 6) is -0.0855. The molecule has 15 nitrogen and oxygen atoms in total. The highest BCUT2D eigenvalue weighted by Crippen LogP contribution is 2.39. The number of benzene rings is 1. The lowest BCUT2D eigenvalue weighted by molar-refractivity contribution is 0.186. The molecule has 1 aliphatic rings. The largest absolute Gasteiger partial charge is 0.395 e. The Morgan fingerprint density at radius 1 is 1.24 bits per heavy atom. The molecule has 1 aliphatic heterocycles. The zero-order valence-corrected chi connectivity index (χ0v) is 19.8. The minimum Gasteiger partial charge on any atom is -0.395 e. The average molecular weight is 520 g/mol. The van der Waals surface area contributed by atoms with E-state index in [0.717, 1.165) is 6.07 Å². The lowest BCUT2D eigenvalue weighted by Crippen LogP contribution is -2.43. The predicted octanol–water partition coefficient (Wildman–Crippen LogP) is -3.35. The normalized spacial score (nSPS) is 17.6. The smallest absolute Gasteiger partial charge is 0.242 e. The molecule has 1 aromatic heterocycles. The van der Waals surface area contributed by atoms with E-state index in [1.165, 1.54) is 6.07 Å². The van der Waals surface area contributed by atoms with Crippen molar-refractivity contribution in [3.05, 3.63) is 12.1 Å². The molecule has 3 rings (SSSR count). The van der Waals surface area contributed by atoms with E-state index in [9.17, 15) is 27.0 Å². The molecule has 190 valence electrons. The Balaban J connectivity index is 2.13. The SMILES string of the molecule is NC[C@@H](O)CNS(=O)(=O)c1ccc(N2CCC([C@H](N)CO)CC2)c(-c2nn[nH]n2)c1S(N)(=O)=O. The van der Waals surface area contributed by atoms with Crippen LogP contribution in [0.2, 0.25) is 0 Å². The summed E-state index contributed by atoms with van der Waals surface area (Å²) in [7, 11) is -9.05. The van der Waals surface area contributed by atoms with E-state index in [-0.39, 0.29) is 36.5 Å². The summed E-state index contributed by atoms with van der Waals surface area (Å²) >= 11 is 0. The monoisotopic (exact) mass is 519 g/mol. The van der Waals surface area contributed by atoms with Crippen LogP contribution in [-0.4, -0.2) is 92.6 Å². The van der Waals surface area contributed by atoms with Crippen molar-refractivity contribution in [2.75, 3.05) is 37.7 Å². The molecule has 2 heterocycles. The number of anilines is 1. The fourth-order valence-electron chi connectivity index (χ4n) is 3.88. The first kappa shape index (κ1) is 26.4. The number of hydrogen-bond acceptors (Lipinski definition) is 12. The van der Waals surface area contributed by atoms with Crippen molar-refractivity contribution in [1.29, 1.82) is 0 Å². The number of piperidine rings is 1. The molecule has 1 aromatic carbocycles. The van der Waals surface area contributed by atoms with Gasteiger partial charge >= 0.3 is 0 Å². The second kappa shape index (κ2) is 10.6. The lowest BCUT2D eigenvalue weighted by atomic mass is 9.90. The summed E-state index contributed by atoms with van der Waals surface area (Å²) < 4.78 is 53.5. The summed E-state index contributed by atoms with van der Waals surface area (Å²) in [5, 5.41) is 37.9. The van der Waals surface area contributed by atoms with Crippen LogP contribution in [0.15, 0.2) is 21.9 Å². The Labute approximate surface area is 196 Å². The number of hydrogen-bond donors (Lipinski definition) is 7. The summed E-state index contributed by atoms with van der Waals surface area (Å²) in [6.45, 7) is 0.141. The van der Waals surface area contributed by atoms with E-state index in [1.54, 1.807) is 0 Å². The van der Waals surface area contributed by atoms with Crippen molar-refractivity contribution < 1.29 is 27.0 Å². The lowest BCUT2D eigenvalue weighted by Gasteiger charge is -2.36. The minimum absolute atomic E-state index is 0.0745. The number of primary sulfonamides is 1. The van der Waals surface area contributed by atoms with Crippen LogP contribution in [0, 0.1) is 5.92 Å². The number of tetrazole rings is 1. The van der Waals surface area contributed by atoms with Gasteiger partial charge in [0.15, 0.2) is 0 Å². The summed E-state index contributed by atoms with van der Waals surface area (Å²) in [4.78, 5) is 0.526. The van der Waals surface area contributed by atoms with Gasteiger partial charge in [-0.2, -0.15) is 5.21 Å². The van der Waals surface area contributed by atoms with E-state index in [0.29, 0.717) is 31.6 Å². The number of aromatic amines is 1. The number of rotatable bonds is 10. The van der Waals surface area contributed by atoms with Gasteiger partial charge in [0.25, 0.3) is 0 Å². The zero-order valence-electron chi connectivity index (χ0n) is 18.2. The van der Waals surface area contributed by atoms with Crippen molar-refractivity contribution in [3.63, 3.8) is 0 Å². The first-order chi connectivity index (χ1) is 16.0. The third-order valence-corrected chi connectivity index (χ3v) is 8.31. The van der Waals surface area contributed by atoms with E-state index in [2.05, 4.69) is 25.3 Å². The highest BCUT2D eigenvalue weighted by Gasteiger charge is 2.34. The van der Waals surface area contributed by atoms with E-state index in [1.807, 2.05) is 4.90 Å². The molecule has 34 heavy (non-hydrogen) atoms. The Kier molecular flexibility index (Phi) is 8.19. The molecular formula is C17H29N9O6S2. The fourth-order valence-corrected chi connectivity index (χ4v) is 6.55. The maximum Gasteiger partial charge on any atom is 0.242 e. The van der Waals surface area contributed by atoms with Crippen LogP contribution in [0.1, 0.15) is 12.8 Å². The molecule has 17 heteroatoms. The quantitative estimate of drug-likeness (QED) is 0.162. The maximum atomic E-state index is 13.0. The van der Waals surface area contributed by atoms with Crippen molar-refractivity contribution >= 4 is 25.7 Å². The summed E-state index contributed by atoms with van der Waals surface area (Å²) in [5.41, 5.74) is 11.5. The Morgan fingerprint density at radius 3 is 2.44 bits per heavy atom. The Morgan fingerprint density at radius 2 is 1.91 bits per heavy atom. The van der Waals surface area contributed by atoms with Gasteiger partial charge in [0.2, 0.25) is 25.9 Å². The molecule has 0 saturated carbocycles. The van der Waals surface area contributed by atoms with Crippen LogP contribution in [0.25, 0.3) is 11.4 Å². The number of nitrogens with zero attached hydrogens (tertiary/aromatic N) is 4. The molecule has 1 fully saturated rings. The number of H-pyrrole nitrogens is 1. The van der Waals surface area contributed by atoms with Gasteiger partial charge in [0, 0.05) is 37.9 Å². The molecule has 0 bridgehead atoms. The number of sulfonamides is 2. The van der Waals surface area contributed by atoms with Gasteiger partial charge < -0.3 is 26.6 Å². The number of nitrogens with one attached hydrogen (secondary N) is 2. The van der Waals surface area contributed by atoms with Gasteiger partial charge in [-0.3, -0.25) is 0 Å². The van der Waals surface area contributed by atoms with Crippen LogP contribution in [0.3, 0.4) is 0 Å². The third kappa shape index (κ3) is 5.69. The fraction of sp³-hybridized carbons (Fsp3) is 0.588. The average Bonchev–Trinajstić information content (AvgIpc) is 3.35. The van der Waals surface area contributed by atoms with Crippen LogP contribution < -0.4 is 26.2 Å². The van der Waals surface area contributed by atoms with Gasteiger partial charge in [0.05, 0.1) is 18.3 Å². The molecule has 10 N–H and O–H groups in total. The molecule has 0 unspecified atom stereocenters. The minimum atomic E-state index is -4.61. The molecule has 0 aliphatic carbocycles. The van der Waals surface area contributed by atoms with Crippen LogP contribution in [0.4, 0.5) is 5.69 Å². The summed E-state index contributed by atoms with van der Waals surface area (Å²) in [6, 6.07) is 2.20. The van der Waals surface area contributed by atoms with E-state index < -0.39 is 42.5 Å². The van der Waals surface area contributed by atoms with Gasteiger partial charge in [-0.05, 0) is 36.1 Å². The molecule has 2 aromatic rings. The third-order valence-electron chi connectivity index (χ3n) is 5.72. The van der Waals surface area contributed by atoms with Gasteiger partial charge in [0.1, 0.15) is 9.79 Å². The zero-order chi connectivity index (χ0) is 25.1. The molecule has 1 saturated heterocycles. The van der Waals surface area contributed by atoms with Crippen molar-refractivity contribution in [3.8, 4) is 11.4 Å². The van der Waals surface area contributed by atoms with Gasteiger partial charge in [-0.15, -0.1) is 10.2 Å². The molecular weight excluding hydrogens is 490 g/mol. The Bertz CT molecular complexity index is 1180. The number of aliphatic hydroxyl groups is 2. The highest BCUT2D eigenvalue weighted by molar-refractivity contribution is 7.92. The van der Waals surface area contributed by atoms with Crippen LogP contribution >= 0.6 is 0 Å². The maximum absolute atomic E-state index is 13.0. The standard InChI is InChI=1S/C17H29N9O6S2/c18-7-11(28)8-21-34(31,32)14-2-1-13(26-5-3-10(4-6-26)12(19)9-27)15(16(14)33(20,29)30)17-22-24-25-23-17/h1-2,10-12,21,27-28H,3-9,18-19H2,(H2,20,29,30)(H,22,23,24,25)/t11-,12-/m1/s1. The van der Waals surface area contributed by atoms with E-state index >= 15 is 0 Å². The molecule has 2 atom stereocenters. The number of aliphatic hydroxyl groups excluding tert-OH is 2. The van der Waals surface area contributed by atoms with Gasteiger partial charge in [-0.1, -0.05) is 0 Å². The topological polar surface area (TPSA) is 257 Å². The van der Waals surface area contributed by atoms with Crippen molar-refractivity contribution in [2.24, 2.45) is 22.5 Å². The molecule has 0 spiro atoms. The number of nitrogens with two attached hydrogens (primary N) is 3. The van der Waals surface area contributed by atoms with Crippen LogP contribution in [0.5, 0.6) is 0 Å². The Hall–Kier alpha value is -2.25. The molecule has 0 radical (unpaired) electrons.